The molecule has 1 unspecified atom stereocenters. The Morgan fingerprint density at radius 3 is 2.63 bits per heavy atom. The van der Waals surface area contributed by atoms with E-state index in [-0.39, 0.29) is 0 Å². The van der Waals surface area contributed by atoms with Crippen LogP contribution in [0.5, 0.6) is 0 Å². The van der Waals surface area contributed by atoms with Gasteiger partial charge in [0, 0.05) is 22.8 Å². The number of benzene rings is 1. The Kier molecular flexibility index (Phi) is 5.64. The molecule has 4 heteroatoms. The summed E-state index contributed by atoms with van der Waals surface area (Å²) in [7, 11) is 1.97. The van der Waals surface area contributed by atoms with Crippen LogP contribution in [0.3, 0.4) is 0 Å². The van der Waals surface area contributed by atoms with Crippen LogP contribution in [0.1, 0.15) is 32.1 Å². The summed E-state index contributed by atoms with van der Waals surface area (Å²) in [6.45, 7) is 0. The van der Waals surface area contributed by atoms with Gasteiger partial charge >= 0.3 is 0 Å². The highest BCUT2D eigenvalue weighted by molar-refractivity contribution is 7.99. The third kappa shape index (κ3) is 4.18. The third-order valence-electron chi connectivity index (χ3n) is 3.90. The Bertz CT molecular complexity index is 405. The number of hydrogen-bond donors (Lipinski definition) is 1. The molecule has 0 bridgehead atoms. The molecule has 0 saturated heterocycles. The van der Waals surface area contributed by atoms with Gasteiger partial charge in [-0.1, -0.05) is 19.3 Å². The van der Waals surface area contributed by atoms with Crippen molar-refractivity contribution in [2.75, 3.05) is 12.8 Å². The lowest BCUT2D eigenvalue weighted by molar-refractivity contribution is 0.294. The summed E-state index contributed by atoms with van der Waals surface area (Å²) in [5.41, 5.74) is 0. The average molecular weight is 285 g/mol. The Balaban J connectivity index is 1.91. The van der Waals surface area contributed by atoms with Crippen LogP contribution in [-0.2, 0) is 0 Å². The van der Waals surface area contributed by atoms with Crippen LogP contribution in [0.4, 0.5) is 8.78 Å². The first-order valence-electron chi connectivity index (χ1n) is 6.96. The average Bonchev–Trinajstić information content (AvgIpc) is 2.43. The maximum Gasteiger partial charge on any atom is 0.139 e. The predicted molar refractivity (Wildman–Crippen MR) is 76.5 cm³/mol. The molecule has 1 nitrogen and oxygen atoms in total. The van der Waals surface area contributed by atoms with Crippen LogP contribution in [0.25, 0.3) is 0 Å². The van der Waals surface area contributed by atoms with E-state index in [4.69, 9.17) is 0 Å². The number of hydrogen-bond acceptors (Lipinski definition) is 2. The van der Waals surface area contributed by atoms with Crippen LogP contribution in [0, 0.1) is 17.6 Å². The molecule has 1 fully saturated rings. The molecule has 1 aliphatic rings. The Morgan fingerprint density at radius 1 is 1.26 bits per heavy atom. The van der Waals surface area contributed by atoms with E-state index in [1.54, 1.807) is 0 Å². The second kappa shape index (κ2) is 7.25. The van der Waals surface area contributed by atoms with Crippen molar-refractivity contribution in [1.29, 1.82) is 0 Å². The first-order valence-corrected chi connectivity index (χ1v) is 7.94. The quantitative estimate of drug-likeness (QED) is 0.813. The minimum atomic E-state index is -0.515. The lowest BCUT2D eigenvalue weighted by Crippen LogP contribution is -2.36. The molecule has 0 amide bonds. The summed E-state index contributed by atoms with van der Waals surface area (Å²) >= 11 is 1.48. The summed E-state index contributed by atoms with van der Waals surface area (Å²) in [5, 5.41) is 3.36. The van der Waals surface area contributed by atoms with Gasteiger partial charge in [0.25, 0.3) is 0 Å². The molecule has 19 heavy (non-hydrogen) atoms. The molecule has 0 heterocycles. The Morgan fingerprint density at radius 2 is 2.00 bits per heavy atom. The second-order valence-corrected chi connectivity index (χ2v) is 6.24. The van der Waals surface area contributed by atoms with Gasteiger partial charge in [0.2, 0.25) is 0 Å². The van der Waals surface area contributed by atoms with Gasteiger partial charge in [0.1, 0.15) is 11.6 Å². The SMILES string of the molecule is CNC(CSc1ccc(F)cc1F)C1CCCCC1. The van der Waals surface area contributed by atoms with Crippen molar-refractivity contribution in [2.45, 2.75) is 43.0 Å². The van der Waals surface area contributed by atoms with Gasteiger partial charge in [0.15, 0.2) is 0 Å². The fourth-order valence-corrected chi connectivity index (χ4v) is 3.92. The molecule has 1 aliphatic carbocycles. The summed E-state index contributed by atoms with van der Waals surface area (Å²) in [6.07, 6.45) is 6.47. The molecule has 0 aliphatic heterocycles. The highest BCUT2D eigenvalue weighted by Crippen LogP contribution is 2.30. The van der Waals surface area contributed by atoms with E-state index in [1.807, 2.05) is 7.05 Å². The Hall–Kier alpha value is -0.610. The number of nitrogens with one attached hydrogen (secondary N) is 1. The Labute approximate surface area is 118 Å². The van der Waals surface area contributed by atoms with Crippen LogP contribution < -0.4 is 5.32 Å². The van der Waals surface area contributed by atoms with Crippen molar-refractivity contribution in [1.82, 2.24) is 5.32 Å². The molecule has 0 radical (unpaired) electrons. The van der Waals surface area contributed by atoms with Gasteiger partial charge in [-0.05, 0) is 37.9 Å². The molecule has 106 valence electrons. The minimum absolute atomic E-state index is 0.412. The van der Waals surface area contributed by atoms with E-state index in [2.05, 4.69) is 5.32 Å². The zero-order chi connectivity index (χ0) is 13.7. The maximum absolute atomic E-state index is 13.6. The lowest BCUT2D eigenvalue weighted by atomic mass is 9.84. The standard InChI is InChI=1S/C15H21F2NS/c1-18-14(11-5-3-2-4-6-11)10-19-15-8-7-12(16)9-13(15)17/h7-9,11,14,18H,2-6,10H2,1H3. The van der Waals surface area contributed by atoms with Gasteiger partial charge in [-0.15, -0.1) is 11.8 Å². The van der Waals surface area contributed by atoms with Crippen LogP contribution in [0.15, 0.2) is 23.1 Å². The van der Waals surface area contributed by atoms with E-state index in [0.717, 1.165) is 11.8 Å². The third-order valence-corrected chi connectivity index (χ3v) is 5.07. The van der Waals surface area contributed by atoms with Crippen molar-refractivity contribution in [3.63, 3.8) is 0 Å². The molecular formula is C15H21F2NS. The zero-order valence-electron chi connectivity index (χ0n) is 11.3. The largest absolute Gasteiger partial charge is 0.316 e. The first-order chi connectivity index (χ1) is 9.20. The normalized spacial score (nSPS) is 18.5. The van der Waals surface area contributed by atoms with E-state index >= 15 is 0 Å². The fourth-order valence-electron chi connectivity index (χ4n) is 2.76. The fraction of sp³-hybridized carbons (Fsp3) is 0.600. The second-order valence-electron chi connectivity index (χ2n) is 5.18. The summed E-state index contributed by atoms with van der Waals surface area (Å²) in [6, 6.07) is 4.22. The molecule has 1 saturated carbocycles. The van der Waals surface area contributed by atoms with Crippen LogP contribution in [0.2, 0.25) is 0 Å². The maximum atomic E-state index is 13.6. The molecule has 1 atom stereocenters. The van der Waals surface area contributed by atoms with Gasteiger partial charge in [-0.25, -0.2) is 8.78 Å². The van der Waals surface area contributed by atoms with Crippen molar-refractivity contribution in [3.05, 3.63) is 29.8 Å². The lowest BCUT2D eigenvalue weighted by Gasteiger charge is -2.29. The predicted octanol–water partition coefficient (Wildman–Crippen LogP) is 4.23. The van der Waals surface area contributed by atoms with Gasteiger partial charge < -0.3 is 5.32 Å². The number of halogens is 2. The molecule has 1 N–H and O–H groups in total. The molecular weight excluding hydrogens is 264 g/mol. The summed E-state index contributed by atoms with van der Waals surface area (Å²) in [4.78, 5) is 0.539. The van der Waals surface area contributed by atoms with Crippen LogP contribution >= 0.6 is 11.8 Å². The van der Waals surface area contributed by atoms with Gasteiger partial charge in [-0.2, -0.15) is 0 Å². The van der Waals surface area contributed by atoms with Crippen molar-refractivity contribution in [3.8, 4) is 0 Å². The highest BCUT2D eigenvalue weighted by Gasteiger charge is 2.22. The van der Waals surface area contributed by atoms with E-state index in [1.165, 1.54) is 56.0 Å². The summed E-state index contributed by atoms with van der Waals surface area (Å²) < 4.78 is 26.4. The minimum Gasteiger partial charge on any atom is -0.316 e. The topological polar surface area (TPSA) is 12.0 Å². The van der Waals surface area contributed by atoms with Crippen molar-refractivity contribution >= 4 is 11.8 Å². The van der Waals surface area contributed by atoms with E-state index in [9.17, 15) is 8.78 Å². The molecule has 2 rings (SSSR count). The molecule has 1 aromatic carbocycles. The monoisotopic (exact) mass is 285 g/mol. The van der Waals surface area contributed by atoms with Crippen molar-refractivity contribution < 1.29 is 8.78 Å². The van der Waals surface area contributed by atoms with E-state index in [0.29, 0.717) is 16.9 Å². The van der Waals surface area contributed by atoms with Crippen molar-refractivity contribution in [2.24, 2.45) is 5.92 Å². The summed E-state index contributed by atoms with van der Waals surface area (Å²) in [5.74, 6) is 0.557. The number of rotatable bonds is 5. The zero-order valence-corrected chi connectivity index (χ0v) is 12.1. The van der Waals surface area contributed by atoms with Crippen LogP contribution in [-0.4, -0.2) is 18.8 Å². The first kappa shape index (κ1) is 14.8. The molecule has 0 aromatic heterocycles. The van der Waals surface area contributed by atoms with Gasteiger partial charge in [0.05, 0.1) is 0 Å². The van der Waals surface area contributed by atoms with E-state index < -0.39 is 11.6 Å². The molecule has 0 spiro atoms. The highest BCUT2D eigenvalue weighted by atomic mass is 32.2. The smallest absolute Gasteiger partial charge is 0.139 e. The number of thioether (sulfide) groups is 1. The van der Waals surface area contributed by atoms with Gasteiger partial charge in [-0.3, -0.25) is 0 Å². The molecule has 1 aromatic rings.